The maximum absolute atomic E-state index is 2.42. The molecule has 0 amide bonds. The number of hydrogen-bond acceptors (Lipinski definition) is 1. The monoisotopic (exact) mass is 690 g/mol. The van der Waals surface area contributed by atoms with Crippen molar-refractivity contribution in [2.24, 2.45) is 0 Å². The summed E-state index contributed by atoms with van der Waals surface area (Å²) in [7, 11) is 0. The Hall–Kier alpha value is -5.86. The van der Waals surface area contributed by atoms with Gasteiger partial charge in [0.1, 0.15) is 0 Å². The van der Waals surface area contributed by atoms with Crippen LogP contribution in [0.1, 0.15) is 0 Å². The molecule has 2 nitrogen and oxygen atoms in total. The predicted molar refractivity (Wildman–Crippen MR) is 210 cm³/mol. The number of benzene rings is 8. The molecule has 230 valence electrons. The van der Waals surface area contributed by atoms with E-state index in [1.165, 1.54) is 63.0 Å². The van der Waals surface area contributed by atoms with Crippen LogP contribution in [-0.4, -0.2) is 19.1 Å². The second-order valence-electron chi connectivity index (χ2n) is 12.6. The van der Waals surface area contributed by atoms with Gasteiger partial charge in [0.25, 0.3) is 0 Å². The van der Waals surface area contributed by atoms with E-state index in [1.54, 1.807) is 0 Å². The Labute approximate surface area is 290 Å². The molecule has 0 bridgehead atoms. The Morgan fingerprint density at radius 3 is 1.88 bits per heavy atom. The van der Waals surface area contributed by atoms with Crippen LogP contribution in [0.2, 0.25) is 0 Å². The van der Waals surface area contributed by atoms with Crippen molar-refractivity contribution in [3.8, 4) is 16.8 Å². The van der Waals surface area contributed by atoms with Gasteiger partial charge in [-0.3, -0.25) is 0 Å². The van der Waals surface area contributed by atoms with E-state index in [4.69, 9.17) is 0 Å². The molecule has 8 aromatic carbocycles. The van der Waals surface area contributed by atoms with E-state index in [9.17, 15) is 0 Å². The maximum atomic E-state index is 2.42. The van der Waals surface area contributed by atoms with Crippen LogP contribution in [0, 0.1) is 0 Å². The minimum absolute atomic E-state index is 0.298. The van der Waals surface area contributed by atoms with Crippen LogP contribution in [0.15, 0.2) is 182 Å². The zero-order valence-corrected chi connectivity index (χ0v) is 28.3. The van der Waals surface area contributed by atoms with Crippen molar-refractivity contribution in [1.29, 1.82) is 0 Å². The van der Waals surface area contributed by atoms with Gasteiger partial charge in [-0.05, 0) is 0 Å². The molecular formula is C46H30N2Se. The van der Waals surface area contributed by atoms with Gasteiger partial charge in [-0.2, -0.15) is 0 Å². The van der Waals surface area contributed by atoms with Gasteiger partial charge in [-0.25, -0.2) is 0 Å². The topological polar surface area (TPSA) is 8.17 Å². The number of aromatic nitrogens is 1. The molecule has 0 aliphatic carbocycles. The van der Waals surface area contributed by atoms with Crippen molar-refractivity contribution < 1.29 is 0 Å². The van der Waals surface area contributed by atoms with E-state index in [1.807, 2.05) is 0 Å². The molecule has 2 heterocycles. The van der Waals surface area contributed by atoms with E-state index in [0.29, 0.717) is 14.5 Å². The number of anilines is 3. The van der Waals surface area contributed by atoms with E-state index in [0.717, 1.165) is 22.7 Å². The molecule has 0 saturated heterocycles. The molecule has 0 atom stereocenters. The summed E-state index contributed by atoms with van der Waals surface area (Å²) in [6.07, 6.45) is 0. The first-order valence-electron chi connectivity index (χ1n) is 16.7. The fourth-order valence-electron chi connectivity index (χ4n) is 7.49. The second-order valence-corrected chi connectivity index (χ2v) is 14.8. The van der Waals surface area contributed by atoms with Gasteiger partial charge in [0.2, 0.25) is 0 Å². The average molecular weight is 690 g/mol. The summed E-state index contributed by atoms with van der Waals surface area (Å²) in [5.74, 6) is 0. The zero-order valence-electron chi connectivity index (χ0n) is 26.6. The number of para-hydroxylation sites is 2. The summed E-state index contributed by atoms with van der Waals surface area (Å²) >= 11 is 0.298. The van der Waals surface area contributed by atoms with Gasteiger partial charge in [0.15, 0.2) is 0 Å². The predicted octanol–water partition coefficient (Wildman–Crippen LogP) is 12.4. The Kier molecular flexibility index (Phi) is 6.55. The van der Waals surface area contributed by atoms with E-state index in [-0.39, 0.29) is 0 Å². The Morgan fingerprint density at radius 2 is 1.02 bits per heavy atom. The molecule has 0 fully saturated rings. The van der Waals surface area contributed by atoms with Gasteiger partial charge in [0, 0.05) is 0 Å². The van der Waals surface area contributed by atoms with Crippen LogP contribution in [0.3, 0.4) is 0 Å². The van der Waals surface area contributed by atoms with Crippen molar-refractivity contribution in [3.63, 3.8) is 0 Å². The summed E-state index contributed by atoms with van der Waals surface area (Å²) in [5.41, 5.74) is 9.35. The SMILES string of the molecule is c1ccc(-c2cccc(N(c3ccc4c(ccc5c6ccccc6[se]c45)c3)c3ccc4c5ccccc5n(-c5ccccc5)c4c3)c2)cc1. The molecule has 0 aliphatic heterocycles. The molecule has 49 heavy (non-hydrogen) atoms. The molecule has 0 N–H and O–H groups in total. The molecule has 2 aromatic heterocycles. The van der Waals surface area contributed by atoms with Crippen LogP contribution in [0.25, 0.3) is 68.7 Å². The standard InChI is InChI=1S/C46H30N2Se/c1-3-12-31(13-4-1)32-14-11-17-35(28-32)47(36-23-26-38-33(29-36)22-25-42-41-19-8-10-21-45(41)49-46(38)42)37-24-27-40-39-18-7-9-20-43(39)48(44(40)30-37)34-15-5-2-6-16-34/h1-30H. The van der Waals surface area contributed by atoms with Crippen molar-refractivity contribution in [3.05, 3.63) is 182 Å². The third kappa shape index (κ3) is 4.63. The number of nitrogens with zero attached hydrogens (tertiary/aromatic N) is 2. The van der Waals surface area contributed by atoms with Crippen LogP contribution in [-0.2, 0) is 0 Å². The first-order valence-corrected chi connectivity index (χ1v) is 18.4. The summed E-state index contributed by atoms with van der Waals surface area (Å²) in [6.45, 7) is 0. The van der Waals surface area contributed by atoms with Crippen LogP contribution < -0.4 is 4.90 Å². The second kappa shape index (κ2) is 11.4. The summed E-state index contributed by atoms with van der Waals surface area (Å²) in [5, 5.41) is 7.92. The van der Waals surface area contributed by atoms with Gasteiger partial charge in [-0.1, -0.05) is 36.4 Å². The van der Waals surface area contributed by atoms with Gasteiger partial charge < -0.3 is 0 Å². The van der Waals surface area contributed by atoms with Crippen LogP contribution >= 0.6 is 0 Å². The third-order valence-corrected chi connectivity index (χ3v) is 12.3. The summed E-state index contributed by atoms with van der Waals surface area (Å²) in [6, 6.07) is 66.6. The molecular weight excluding hydrogens is 659 g/mol. The molecule has 10 aromatic rings. The number of fused-ring (bicyclic) bond motifs is 8. The van der Waals surface area contributed by atoms with E-state index >= 15 is 0 Å². The molecule has 0 spiro atoms. The minimum atomic E-state index is 0.298. The van der Waals surface area contributed by atoms with Crippen LogP contribution in [0.4, 0.5) is 17.1 Å². The van der Waals surface area contributed by atoms with Crippen molar-refractivity contribution in [2.75, 3.05) is 4.90 Å². The molecule has 0 radical (unpaired) electrons. The van der Waals surface area contributed by atoms with Gasteiger partial charge in [-0.15, -0.1) is 0 Å². The van der Waals surface area contributed by atoms with Crippen molar-refractivity contribution in [1.82, 2.24) is 4.57 Å². The number of rotatable bonds is 5. The Bertz CT molecular complexity index is 2830. The number of hydrogen-bond donors (Lipinski definition) is 0. The first-order chi connectivity index (χ1) is 24.3. The first kappa shape index (κ1) is 28.2. The molecule has 0 aliphatic rings. The zero-order chi connectivity index (χ0) is 32.3. The molecule has 10 rings (SSSR count). The molecule has 0 unspecified atom stereocenters. The quantitative estimate of drug-likeness (QED) is 0.163. The summed E-state index contributed by atoms with van der Waals surface area (Å²) < 4.78 is 5.36. The fraction of sp³-hybridized carbons (Fsp3) is 0. The fourth-order valence-corrected chi connectivity index (χ4v) is 10.1. The van der Waals surface area contributed by atoms with Gasteiger partial charge >= 0.3 is 255 Å². The van der Waals surface area contributed by atoms with Crippen LogP contribution in [0.5, 0.6) is 0 Å². The summed E-state index contributed by atoms with van der Waals surface area (Å²) in [4.78, 5) is 2.42. The van der Waals surface area contributed by atoms with Crippen molar-refractivity contribution >= 4 is 83.4 Å². The average Bonchev–Trinajstić information content (AvgIpc) is 3.71. The van der Waals surface area contributed by atoms with E-state index in [2.05, 4.69) is 191 Å². The molecule has 0 saturated carbocycles. The third-order valence-electron chi connectivity index (χ3n) is 9.74. The Balaban J connectivity index is 1.21. The van der Waals surface area contributed by atoms with Crippen molar-refractivity contribution in [2.45, 2.75) is 0 Å². The van der Waals surface area contributed by atoms with E-state index < -0.39 is 0 Å². The Morgan fingerprint density at radius 1 is 0.388 bits per heavy atom. The van der Waals surface area contributed by atoms with Gasteiger partial charge in [0.05, 0.1) is 0 Å². The normalized spacial score (nSPS) is 11.7. The molecule has 3 heteroatoms.